The van der Waals surface area contributed by atoms with Gasteiger partial charge in [-0.3, -0.25) is 4.79 Å². The van der Waals surface area contributed by atoms with Gasteiger partial charge < -0.3 is 14.2 Å². The molecule has 1 aromatic heterocycles. The van der Waals surface area contributed by atoms with Gasteiger partial charge in [-0.05, 0) is 42.8 Å². The number of ether oxygens (including phenoxy) is 3. The number of rotatable bonds is 5. The normalized spacial score (nSPS) is 10.9. The van der Waals surface area contributed by atoms with Crippen molar-refractivity contribution in [3.63, 3.8) is 0 Å². The number of esters is 2. The molecule has 21 heavy (non-hydrogen) atoms. The average molecular weight is 360 g/mol. The standard InChI is InChI=1S/C14H18BrNO5/c1-14(2,3)21-11(17)5-6-20-12-10(15)7-9(8-16-12)13(18)19-4/h7-8H,5-6H2,1-4H3. The van der Waals surface area contributed by atoms with Crippen molar-refractivity contribution in [2.24, 2.45) is 0 Å². The lowest BCUT2D eigenvalue weighted by Crippen LogP contribution is -2.24. The molecule has 0 atom stereocenters. The van der Waals surface area contributed by atoms with E-state index in [0.717, 1.165) is 0 Å². The molecule has 0 radical (unpaired) electrons. The zero-order valence-corrected chi connectivity index (χ0v) is 14.0. The molecule has 0 N–H and O–H groups in total. The van der Waals surface area contributed by atoms with Crippen LogP contribution in [0.5, 0.6) is 5.88 Å². The third kappa shape index (κ3) is 6.12. The first-order valence-corrected chi connectivity index (χ1v) is 7.11. The van der Waals surface area contributed by atoms with E-state index in [1.54, 1.807) is 26.8 Å². The van der Waals surface area contributed by atoms with Gasteiger partial charge in [-0.15, -0.1) is 0 Å². The van der Waals surface area contributed by atoms with Crippen LogP contribution in [0.4, 0.5) is 0 Å². The summed E-state index contributed by atoms with van der Waals surface area (Å²) in [5, 5.41) is 0. The molecule has 0 saturated carbocycles. The molecule has 0 unspecified atom stereocenters. The number of carbonyl (C=O) groups excluding carboxylic acids is 2. The van der Waals surface area contributed by atoms with E-state index >= 15 is 0 Å². The maximum Gasteiger partial charge on any atom is 0.339 e. The lowest BCUT2D eigenvalue weighted by Gasteiger charge is -2.19. The summed E-state index contributed by atoms with van der Waals surface area (Å²) in [6, 6.07) is 1.54. The topological polar surface area (TPSA) is 74.7 Å². The summed E-state index contributed by atoms with van der Waals surface area (Å²) in [5.41, 5.74) is -0.207. The Labute approximate surface area is 131 Å². The van der Waals surface area contributed by atoms with E-state index in [-0.39, 0.29) is 19.0 Å². The van der Waals surface area contributed by atoms with E-state index in [0.29, 0.717) is 15.9 Å². The maximum atomic E-state index is 11.5. The smallest absolute Gasteiger partial charge is 0.339 e. The molecule has 0 aliphatic rings. The third-order valence-corrected chi connectivity index (χ3v) is 2.76. The van der Waals surface area contributed by atoms with Crippen LogP contribution in [0.1, 0.15) is 37.6 Å². The first kappa shape index (κ1) is 17.4. The zero-order chi connectivity index (χ0) is 16.0. The number of pyridine rings is 1. The van der Waals surface area contributed by atoms with Crippen molar-refractivity contribution in [1.82, 2.24) is 4.98 Å². The van der Waals surface area contributed by atoms with Gasteiger partial charge in [0.05, 0.1) is 23.6 Å². The van der Waals surface area contributed by atoms with Crippen LogP contribution in [0.2, 0.25) is 0 Å². The molecule has 1 aromatic rings. The Bertz CT molecular complexity index is 525. The number of hydrogen-bond acceptors (Lipinski definition) is 6. The second-order valence-electron chi connectivity index (χ2n) is 5.19. The first-order chi connectivity index (χ1) is 9.73. The predicted molar refractivity (Wildman–Crippen MR) is 79.2 cm³/mol. The third-order valence-electron chi connectivity index (χ3n) is 2.19. The minimum atomic E-state index is -0.516. The number of halogens is 1. The predicted octanol–water partition coefficient (Wildman–Crippen LogP) is 2.74. The van der Waals surface area contributed by atoms with Gasteiger partial charge in [0.2, 0.25) is 5.88 Å². The average Bonchev–Trinajstić information content (AvgIpc) is 2.37. The number of methoxy groups -OCH3 is 1. The van der Waals surface area contributed by atoms with Crippen LogP contribution in [0, 0.1) is 0 Å². The van der Waals surface area contributed by atoms with Crippen molar-refractivity contribution < 1.29 is 23.8 Å². The highest BCUT2D eigenvalue weighted by molar-refractivity contribution is 9.10. The van der Waals surface area contributed by atoms with Gasteiger partial charge in [-0.2, -0.15) is 0 Å². The Morgan fingerprint density at radius 2 is 2.00 bits per heavy atom. The van der Waals surface area contributed by atoms with E-state index in [2.05, 4.69) is 25.7 Å². The SMILES string of the molecule is COC(=O)c1cnc(OCCC(=O)OC(C)(C)C)c(Br)c1. The van der Waals surface area contributed by atoms with E-state index < -0.39 is 11.6 Å². The quantitative estimate of drug-likeness (QED) is 0.752. The lowest BCUT2D eigenvalue weighted by molar-refractivity contribution is -0.155. The molecule has 116 valence electrons. The molecule has 0 fully saturated rings. The van der Waals surface area contributed by atoms with E-state index in [1.807, 2.05) is 0 Å². The van der Waals surface area contributed by atoms with Crippen molar-refractivity contribution in [3.05, 3.63) is 22.3 Å². The number of hydrogen-bond donors (Lipinski definition) is 0. The van der Waals surface area contributed by atoms with E-state index in [9.17, 15) is 9.59 Å². The Morgan fingerprint density at radius 3 is 2.52 bits per heavy atom. The summed E-state index contributed by atoms with van der Waals surface area (Å²) in [6.45, 7) is 5.54. The lowest BCUT2D eigenvalue weighted by atomic mass is 10.2. The molecule has 0 amide bonds. The molecule has 0 aliphatic heterocycles. The van der Waals surface area contributed by atoms with Crippen LogP contribution in [0.25, 0.3) is 0 Å². The molecular weight excluding hydrogens is 342 g/mol. The molecule has 0 saturated heterocycles. The molecule has 6 nitrogen and oxygen atoms in total. The summed E-state index contributed by atoms with van der Waals surface area (Å²) in [5.74, 6) is -0.528. The second-order valence-corrected chi connectivity index (χ2v) is 6.04. The fourth-order valence-electron chi connectivity index (χ4n) is 1.38. The summed E-state index contributed by atoms with van der Waals surface area (Å²) < 4.78 is 15.6. The van der Waals surface area contributed by atoms with Crippen LogP contribution in [-0.2, 0) is 14.3 Å². The molecule has 0 aromatic carbocycles. The van der Waals surface area contributed by atoms with Gasteiger partial charge in [0.1, 0.15) is 12.2 Å². The Morgan fingerprint density at radius 1 is 1.33 bits per heavy atom. The molecule has 7 heteroatoms. The number of aromatic nitrogens is 1. The van der Waals surface area contributed by atoms with E-state index in [4.69, 9.17) is 9.47 Å². The minimum absolute atomic E-state index is 0.115. The van der Waals surface area contributed by atoms with Crippen LogP contribution < -0.4 is 4.74 Å². The van der Waals surface area contributed by atoms with Crippen LogP contribution >= 0.6 is 15.9 Å². The Kier molecular flexibility index (Phi) is 6.14. The number of carbonyl (C=O) groups is 2. The Hall–Kier alpha value is -1.63. The molecule has 0 spiro atoms. The highest BCUT2D eigenvalue weighted by Crippen LogP contribution is 2.23. The number of nitrogens with zero attached hydrogens (tertiary/aromatic N) is 1. The molecule has 0 aliphatic carbocycles. The van der Waals surface area contributed by atoms with Crippen LogP contribution in [0.3, 0.4) is 0 Å². The molecule has 1 heterocycles. The van der Waals surface area contributed by atoms with Gasteiger partial charge in [0, 0.05) is 6.20 Å². The summed E-state index contributed by atoms with van der Waals surface area (Å²) in [4.78, 5) is 26.8. The van der Waals surface area contributed by atoms with Crippen molar-refractivity contribution >= 4 is 27.9 Å². The van der Waals surface area contributed by atoms with Crippen LogP contribution in [-0.4, -0.2) is 36.2 Å². The maximum absolute atomic E-state index is 11.5. The van der Waals surface area contributed by atoms with Crippen molar-refractivity contribution in [2.75, 3.05) is 13.7 Å². The largest absolute Gasteiger partial charge is 0.476 e. The summed E-state index contributed by atoms with van der Waals surface area (Å²) >= 11 is 3.25. The van der Waals surface area contributed by atoms with Gasteiger partial charge in [-0.1, -0.05) is 0 Å². The fourth-order valence-corrected chi connectivity index (χ4v) is 1.85. The van der Waals surface area contributed by atoms with Gasteiger partial charge >= 0.3 is 11.9 Å². The first-order valence-electron chi connectivity index (χ1n) is 6.31. The molecular formula is C14H18BrNO5. The van der Waals surface area contributed by atoms with Gasteiger partial charge in [0.15, 0.2) is 0 Å². The summed E-state index contributed by atoms with van der Waals surface area (Å²) in [7, 11) is 1.29. The van der Waals surface area contributed by atoms with Crippen molar-refractivity contribution in [3.8, 4) is 5.88 Å². The van der Waals surface area contributed by atoms with E-state index in [1.165, 1.54) is 13.3 Å². The van der Waals surface area contributed by atoms with Crippen LogP contribution in [0.15, 0.2) is 16.7 Å². The monoisotopic (exact) mass is 359 g/mol. The van der Waals surface area contributed by atoms with Gasteiger partial charge in [-0.25, -0.2) is 9.78 Å². The van der Waals surface area contributed by atoms with Crippen molar-refractivity contribution in [2.45, 2.75) is 32.8 Å². The molecule has 0 bridgehead atoms. The minimum Gasteiger partial charge on any atom is -0.476 e. The fraction of sp³-hybridized carbons (Fsp3) is 0.500. The van der Waals surface area contributed by atoms with Gasteiger partial charge in [0.25, 0.3) is 0 Å². The highest BCUT2D eigenvalue weighted by Gasteiger charge is 2.16. The second kappa shape index (κ2) is 7.40. The Balaban J connectivity index is 2.53. The molecule has 1 rings (SSSR count). The van der Waals surface area contributed by atoms with Crippen molar-refractivity contribution in [1.29, 1.82) is 0 Å². The zero-order valence-electron chi connectivity index (χ0n) is 12.4. The highest BCUT2D eigenvalue weighted by atomic mass is 79.9. The summed E-state index contributed by atoms with van der Waals surface area (Å²) in [6.07, 6.45) is 1.46.